The number of para-hydroxylation sites is 4. The maximum Gasteiger partial charge on any atom is 0.160 e. The van der Waals surface area contributed by atoms with Gasteiger partial charge in [-0.05, 0) is 47.0 Å². The molecule has 3 heterocycles. The minimum Gasteiger partial charge on any atom is -0.306 e. The van der Waals surface area contributed by atoms with E-state index in [1.54, 1.807) is 0 Å². The Morgan fingerprint density at radius 1 is 0.400 bits per heavy atom. The van der Waals surface area contributed by atoms with Crippen LogP contribution in [0.25, 0.3) is 83.3 Å². The van der Waals surface area contributed by atoms with Crippen LogP contribution in [0.4, 0.5) is 0 Å². The van der Waals surface area contributed by atoms with E-state index in [0.717, 1.165) is 60.9 Å². The molecule has 4 heteroatoms. The molecule has 0 fully saturated rings. The van der Waals surface area contributed by atoms with Crippen LogP contribution in [0.2, 0.25) is 0 Å². The lowest BCUT2D eigenvalue weighted by molar-refractivity contribution is 1.23. The predicted molar refractivity (Wildman–Crippen MR) is 185 cm³/mol. The van der Waals surface area contributed by atoms with Gasteiger partial charge in [-0.2, -0.15) is 0 Å². The summed E-state index contributed by atoms with van der Waals surface area (Å²) in [4.78, 5) is 15.1. The van der Waals surface area contributed by atoms with E-state index in [0.29, 0.717) is 5.82 Å². The van der Waals surface area contributed by atoms with E-state index in [9.17, 15) is 0 Å². The van der Waals surface area contributed by atoms with Gasteiger partial charge in [0.1, 0.15) is 0 Å². The van der Waals surface area contributed by atoms with Gasteiger partial charge in [-0.15, -0.1) is 0 Å². The van der Waals surface area contributed by atoms with E-state index in [1.807, 2.05) is 24.4 Å². The van der Waals surface area contributed by atoms with Gasteiger partial charge in [0.2, 0.25) is 0 Å². The first-order valence-electron chi connectivity index (χ1n) is 15.1. The van der Waals surface area contributed by atoms with Gasteiger partial charge < -0.3 is 4.40 Å². The molecule has 210 valence electrons. The average Bonchev–Trinajstić information content (AvgIpc) is 3.47. The molecule has 0 unspecified atom stereocenters. The molecule has 0 amide bonds. The zero-order valence-electron chi connectivity index (χ0n) is 24.3. The average molecular weight is 575 g/mol. The van der Waals surface area contributed by atoms with Crippen molar-refractivity contribution in [1.82, 2.24) is 19.4 Å². The van der Waals surface area contributed by atoms with E-state index in [2.05, 4.69) is 138 Å². The standard InChI is InChI=1S/C41H26N4/c1-2-11-27(12-3-1)28-21-23-29(24-22-28)40-32-15-4-6-17-34(32)43-41(44-40)31-14-10-13-30(25-31)39-33-16-5-8-19-36(33)45-37-20-9-7-18-35(37)42-26-38(39)45/h1-26H. The number of fused-ring (bicyclic) bond motifs is 6. The van der Waals surface area contributed by atoms with E-state index in [4.69, 9.17) is 15.0 Å². The fraction of sp³-hybridized carbons (Fsp3) is 0. The molecule has 0 spiro atoms. The van der Waals surface area contributed by atoms with Crippen molar-refractivity contribution >= 4 is 38.4 Å². The second kappa shape index (κ2) is 10.2. The molecule has 0 atom stereocenters. The second-order valence-corrected chi connectivity index (χ2v) is 11.3. The lowest BCUT2D eigenvalue weighted by atomic mass is 9.99. The monoisotopic (exact) mass is 574 g/mol. The zero-order chi connectivity index (χ0) is 29.7. The molecule has 3 aromatic heterocycles. The Hall–Kier alpha value is -6.13. The molecule has 0 radical (unpaired) electrons. The second-order valence-electron chi connectivity index (χ2n) is 11.3. The van der Waals surface area contributed by atoms with Gasteiger partial charge in [0.05, 0.1) is 39.5 Å². The highest BCUT2D eigenvalue weighted by atomic mass is 14.9. The zero-order valence-corrected chi connectivity index (χ0v) is 24.3. The fourth-order valence-electron chi connectivity index (χ4n) is 6.53. The Balaban J connectivity index is 1.21. The molecule has 0 aliphatic carbocycles. The van der Waals surface area contributed by atoms with Crippen molar-refractivity contribution in [1.29, 1.82) is 0 Å². The highest BCUT2D eigenvalue weighted by Crippen LogP contribution is 2.38. The number of benzene rings is 6. The van der Waals surface area contributed by atoms with Crippen LogP contribution in [0.3, 0.4) is 0 Å². The summed E-state index contributed by atoms with van der Waals surface area (Å²) in [6.07, 6.45) is 1.99. The fourth-order valence-corrected chi connectivity index (χ4v) is 6.53. The first-order valence-corrected chi connectivity index (χ1v) is 15.1. The molecule has 0 aliphatic rings. The molecule has 45 heavy (non-hydrogen) atoms. The molecule has 9 aromatic rings. The minimum atomic E-state index is 0.703. The van der Waals surface area contributed by atoms with Crippen LogP contribution in [-0.2, 0) is 0 Å². The molecule has 4 nitrogen and oxygen atoms in total. The molecular formula is C41H26N4. The van der Waals surface area contributed by atoms with Gasteiger partial charge in [0, 0.05) is 27.5 Å². The third-order valence-corrected chi connectivity index (χ3v) is 8.64. The van der Waals surface area contributed by atoms with Crippen LogP contribution in [0.1, 0.15) is 0 Å². The van der Waals surface area contributed by atoms with Crippen LogP contribution < -0.4 is 0 Å². The maximum atomic E-state index is 5.20. The Morgan fingerprint density at radius 3 is 1.87 bits per heavy atom. The molecule has 0 saturated heterocycles. The topological polar surface area (TPSA) is 43.1 Å². The predicted octanol–water partition coefficient (Wildman–Crippen LogP) is 10.3. The van der Waals surface area contributed by atoms with Crippen LogP contribution in [0, 0.1) is 0 Å². The van der Waals surface area contributed by atoms with Gasteiger partial charge in [-0.1, -0.05) is 121 Å². The van der Waals surface area contributed by atoms with Gasteiger partial charge in [-0.3, -0.25) is 4.98 Å². The van der Waals surface area contributed by atoms with Gasteiger partial charge in [0.25, 0.3) is 0 Å². The van der Waals surface area contributed by atoms with Crippen molar-refractivity contribution in [3.63, 3.8) is 0 Å². The van der Waals surface area contributed by atoms with E-state index < -0.39 is 0 Å². The summed E-state index contributed by atoms with van der Waals surface area (Å²) in [6.45, 7) is 0. The van der Waals surface area contributed by atoms with Crippen LogP contribution in [0.5, 0.6) is 0 Å². The SMILES string of the molecule is c1ccc(-c2ccc(-c3nc(-c4cccc(-c5c6ccccc6n6c5cnc5ccccc56)c4)nc4ccccc34)cc2)cc1. The highest BCUT2D eigenvalue weighted by molar-refractivity contribution is 6.08. The molecule has 6 aromatic carbocycles. The molecule has 0 bridgehead atoms. The highest BCUT2D eigenvalue weighted by Gasteiger charge is 2.18. The Bertz CT molecular complexity index is 2530. The number of rotatable bonds is 4. The van der Waals surface area contributed by atoms with Crippen molar-refractivity contribution in [3.05, 3.63) is 158 Å². The smallest absolute Gasteiger partial charge is 0.160 e. The van der Waals surface area contributed by atoms with Crippen molar-refractivity contribution in [3.8, 4) is 44.9 Å². The van der Waals surface area contributed by atoms with Gasteiger partial charge in [-0.25, -0.2) is 9.97 Å². The number of hydrogen-bond acceptors (Lipinski definition) is 3. The summed E-state index contributed by atoms with van der Waals surface area (Å²) in [5.41, 5.74) is 12.8. The summed E-state index contributed by atoms with van der Waals surface area (Å²) in [7, 11) is 0. The quantitative estimate of drug-likeness (QED) is 0.210. The summed E-state index contributed by atoms with van der Waals surface area (Å²) in [5, 5.41) is 2.22. The molecular weight excluding hydrogens is 548 g/mol. The molecule has 0 saturated carbocycles. The summed E-state index contributed by atoms with van der Waals surface area (Å²) >= 11 is 0. The van der Waals surface area contributed by atoms with Crippen molar-refractivity contribution in [2.45, 2.75) is 0 Å². The van der Waals surface area contributed by atoms with Crippen LogP contribution in [-0.4, -0.2) is 19.4 Å². The van der Waals surface area contributed by atoms with Crippen LogP contribution in [0.15, 0.2) is 158 Å². The lowest BCUT2D eigenvalue weighted by Crippen LogP contribution is -1.95. The first-order chi connectivity index (χ1) is 22.3. The minimum absolute atomic E-state index is 0.703. The lowest BCUT2D eigenvalue weighted by Gasteiger charge is -2.11. The van der Waals surface area contributed by atoms with E-state index >= 15 is 0 Å². The Morgan fingerprint density at radius 2 is 1.02 bits per heavy atom. The van der Waals surface area contributed by atoms with Crippen molar-refractivity contribution in [2.75, 3.05) is 0 Å². The number of nitrogens with zero attached hydrogens (tertiary/aromatic N) is 4. The van der Waals surface area contributed by atoms with E-state index in [-0.39, 0.29) is 0 Å². The largest absolute Gasteiger partial charge is 0.306 e. The molecule has 9 rings (SSSR count). The third-order valence-electron chi connectivity index (χ3n) is 8.64. The normalized spacial score (nSPS) is 11.6. The molecule has 0 aliphatic heterocycles. The Labute approximate surface area is 259 Å². The van der Waals surface area contributed by atoms with Crippen LogP contribution >= 0.6 is 0 Å². The van der Waals surface area contributed by atoms with Crippen molar-refractivity contribution < 1.29 is 0 Å². The number of aromatic nitrogens is 4. The third kappa shape index (κ3) is 4.19. The van der Waals surface area contributed by atoms with Gasteiger partial charge in [0.15, 0.2) is 5.82 Å². The first kappa shape index (κ1) is 25.4. The summed E-state index contributed by atoms with van der Waals surface area (Å²) < 4.78 is 2.32. The summed E-state index contributed by atoms with van der Waals surface area (Å²) in [5.74, 6) is 0.703. The number of hydrogen-bond donors (Lipinski definition) is 0. The van der Waals surface area contributed by atoms with Gasteiger partial charge >= 0.3 is 0 Å². The maximum absolute atomic E-state index is 5.20. The summed E-state index contributed by atoms with van der Waals surface area (Å²) in [6, 6.07) is 52.8. The molecule has 0 N–H and O–H groups in total. The van der Waals surface area contributed by atoms with Crippen molar-refractivity contribution in [2.24, 2.45) is 0 Å². The Kier molecular flexibility index (Phi) is 5.78. The van der Waals surface area contributed by atoms with E-state index in [1.165, 1.54) is 16.5 Å².